The van der Waals surface area contributed by atoms with Crippen molar-refractivity contribution in [3.8, 4) is 5.75 Å². The van der Waals surface area contributed by atoms with E-state index in [1.54, 1.807) is 36.4 Å². The van der Waals surface area contributed by atoms with Gasteiger partial charge in [-0.15, -0.1) is 0 Å². The summed E-state index contributed by atoms with van der Waals surface area (Å²) in [6.07, 6.45) is 0.0422. The molecule has 1 saturated heterocycles. The summed E-state index contributed by atoms with van der Waals surface area (Å²) in [4.78, 5) is 2.42. The summed E-state index contributed by atoms with van der Waals surface area (Å²) in [5, 5.41) is 0. The molecule has 140 valence electrons. The van der Waals surface area contributed by atoms with Gasteiger partial charge in [-0.25, -0.2) is 8.42 Å². The van der Waals surface area contributed by atoms with E-state index in [-0.39, 0.29) is 11.0 Å². The molecule has 0 aromatic heterocycles. The Morgan fingerprint density at radius 3 is 2.19 bits per heavy atom. The Labute approximate surface area is 154 Å². The van der Waals surface area contributed by atoms with Crippen LogP contribution in [-0.4, -0.2) is 40.8 Å². The maximum Gasteiger partial charge on any atom is 0.261 e. The Morgan fingerprint density at radius 1 is 1.00 bits per heavy atom. The standard InChI is InChI=1S/C19H24N2O4S/c1-15(2)25-18-7-9-19(10-8-18)26(22,23)20-16-3-5-17(6-4-16)21-11-13-24-14-12-21/h3-10,15,20H,11-14H2,1-2H3. The van der Waals surface area contributed by atoms with Gasteiger partial charge in [0.1, 0.15) is 5.75 Å². The topological polar surface area (TPSA) is 67.9 Å². The number of sulfonamides is 1. The second kappa shape index (κ2) is 7.97. The van der Waals surface area contributed by atoms with Crippen molar-refractivity contribution in [1.29, 1.82) is 0 Å². The first-order chi connectivity index (χ1) is 12.4. The minimum Gasteiger partial charge on any atom is -0.491 e. The van der Waals surface area contributed by atoms with Crippen LogP contribution >= 0.6 is 0 Å². The summed E-state index contributed by atoms with van der Waals surface area (Å²) in [6.45, 7) is 6.96. The summed E-state index contributed by atoms with van der Waals surface area (Å²) < 4.78 is 38.6. The zero-order valence-electron chi connectivity index (χ0n) is 15.0. The van der Waals surface area contributed by atoms with Gasteiger partial charge in [-0.05, 0) is 62.4 Å². The quantitative estimate of drug-likeness (QED) is 0.839. The summed E-state index contributed by atoms with van der Waals surface area (Å²) in [5.74, 6) is 0.647. The van der Waals surface area contributed by atoms with Gasteiger partial charge in [-0.3, -0.25) is 4.72 Å². The fourth-order valence-electron chi connectivity index (χ4n) is 2.75. The molecule has 0 amide bonds. The molecule has 6 nitrogen and oxygen atoms in total. The van der Waals surface area contributed by atoms with E-state index < -0.39 is 10.0 Å². The molecule has 0 unspecified atom stereocenters. The van der Waals surface area contributed by atoms with Gasteiger partial charge >= 0.3 is 0 Å². The van der Waals surface area contributed by atoms with Crippen molar-refractivity contribution in [2.75, 3.05) is 35.9 Å². The van der Waals surface area contributed by atoms with E-state index in [1.165, 1.54) is 0 Å². The molecule has 26 heavy (non-hydrogen) atoms. The second-order valence-electron chi connectivity index (χ2n) is 6.39. The molecule has 0 spiro atoms. The number of hydrogen-bond donors (Lipinski definition) is 1. The minimum absolute atomic E-state index is 0.0422. The Morgan fingerprint density at radius 2 is 1.62 bits per heavy atom. The number of anilines is 2. The third-order valence-electron chi connectivity index (χ3n) is 4.00. The fraction of sp³-hybridized carbons (Fsp3) is 0.368. The van der Waals surface area contributed by atoms with Crippen molar-refractivity contribution >= 4 is 21.4 Å². The van der Waals surface area contributed by atoms with Crippen LogP contribution in [0, 0.1) is 0 Å². The zero-order valence-corrected chi connectivity index (χ0v) is 15.8. The van der Waals surface area contributed by atoms with Gasteiger partial charge in [-0.1, -0.05) is 0 Å². The van der Waals surface area contributed by atoms with E-state index in [9.17, 15) is 8.42 Å². The molecule has 2 aromatic rings. The maximum absolute atomic E-state index is 12.5. The molecule has 1 fully saturated rings. The van der Waals surface area contributed by atoms with Gasteiger partial charge in [0.15, 0.2) is 0 Å². The lowest BCUT2D eigenvalue weighted by molar-refractivity contribution is 0.122. The Balaban J connectivity index is 1.68. The minimum atomic E-state index is -3.64. The Kier molecular flexibility index (Phi) is 5.68. The predicted molar refractivity (Wildman–Crippen MR) is 102 cm³/mol. The molecule has 1 N–H and O–H groups in total. The summed E-state index contributed by atoms with van der Waals surface area (Å²) in [7, 11) is -3.64. The average molecular weight is 376 g/mol. The van der Waals surface area contributed by atoms with E-state index >= 15 is 0 Å². The van der Waals surface area contributed by atoms with Crippen molar-refractivity contribution in [2.24, 2.45) is 0 Å². The SMILES string of the molecule is CC(C)Oc1ccc(S(=O)(=O)Nc2ccc(N3CCOCC3)cc2)cc1. The highest BCUT2D eigenvalue weighted by molar-refractivity contribution is 7.92. The molecule has 0 saturated carbocycles. The maximum atomic E-state index is 12.5. The van der Waals surface area contributed by atoms with Crippen LogP contribution in [0.15, 0.2) is 53.4 Å². The molecule has 2 aromatic carbocycles. The number of benzene rings is 2. The Hall–Kier alpha value is -2.25. The highest BCUT2D eigenvalue weighted by atomic mass is 32.2. The highest BCUT2D eigenvalue weighted by Gasteiger charge is 2.15. The Bertz CT molecular complexity index is 812. The number of nitrogens with one attached hydrogen (secondary N) is 1. The second-order valence-corrected chi connectivity index (χ2v) is 8.07. The molecule has 0 bridgehead atoms. The lowest BCUT2D eigenvalue weighted by Gasteiger charge is -2.28. The molecule has 0 aliphatic carbocycles. The first-order valence-electron chi connectivity index (χ1n) is 8.66. The summed E-state index contributed by atoms with van der Waals surface area (Å²) in [6, 6.07) is 13.8. The van der Waals surface area contributed by atoms with Gasteiger partial charge in [0.05, 0.1) is 24.2 Å². The lowest BCUT2D eigenvalue weighted by atomic mass is 10.2. The van der Waals surface area contributed by atoms with E-state index in [1.807, 2.05) is 26.0 Å². The molecular weight excluding hydrogens is 352 g/mol. The first kappa shape index (κ1) is 18.5. The van der Waals surface area contributed by atoms with Crippen LogP contribution in [0.1, 0.15) is 13.8 Å². The van der Waals surface area contributed by atoms with E-state index in [2.05, 4.69) is 9.62 Å². The van der Waals surface area contributed by atoms with E-state index in [0.717, 1.165) is 18.8 Å². The van der Waals surface area contributed by atoms with Crippen LogP contribution in [0.3, 0.4) is 0 Å². The molecule has 7 heteroatoms. The van der Waals surface area contributed by atoms with Crippen LogP contribution in [-0.2, 0) is 14.8 Å². The molecule has 3 rings (SSSR count). The lowest BCUT2D eigenvalue weighted by Crippen LogP contribution is -2.36. The number of rotatable bonds is 6. The van der Waals surface area contributed by atoms with Crippen LogP contribution < -0.4 is 14.4 Å². The van der Waals surface area contributed by atoms with Gasteiger partial charge < -0.3 is 14.4 Å². The summed E-state index contributed by atoms with van der Waals surface area (Å²) >= 11 is 0. The van der Waals surface area contributed by atoms with Crippen LogP contribution in [0.25, 0.3) is 0 Å². The van der Waals surface area contributed by atoms with Crippen molar-refractivity contribution in [3.63, 3.8) is 0 Å². The number of morpholine rings is 1. The van der Waals surface area contributed by atoms with Gasteiger partial charge in [0.25, 0.3) is 10.0 Å². The number of nitrogens with zero attached hydrogens (tertiary/aromatic N) is 1. The summed E-state index contributed by atoms with van der Waals surface area (Å²) in [5.41, 5.74) is 1.59. The van der Waals surface area contributed by atoms with Crippen LogP contribution in [0.2, 0.25) is 0 Å². The van der Waals surface area contributed by atoms with Crippen molar-refractivity contribution < 1.29 is 17.9 Å². The molecular formula is C19H24N2O4S. The number of ether oxygens (including phenoxy) is 2. The normalized spacial score (nSPS) is 15.1. The molecule has 0 radical (unpaired) electrons. The molecule has 0 atom stereocenters. The van der Waals surface area contributed by atoms with Crippen LogP contribution in [0.4, 0.5) is 11.4 Å². The fourth-order valence-corrected chi connectivity index (χ4v) is 3.80. The van der Waals surface area contributed by atoms with Gasteiger partial charge in [-0.2, -0.15) is 0 Å². The van der Waals surface area contributed by atoms with Crippen molar-refractivity contribution in [1.82, 2.24) is 0 Å². The molecule has 1 aliphatic heterocycles. The average Bonchev–Trinajstić information content (AvgIpc) is 2.63. The third-order valence-corrected chi connectivity index (χ3v) is 5.40. The van der Waals surface area contributed by atoms with E-state index in [4.69, 9.17) is 9.47 Å². The van der Waals surface area contributed by atoms with Crippen molar-refractivity contribution in [2.45, 2.75) is 24.8 Å². The zero-order chi connectivity index (χ0) is 18.6. The first-order valence-corrected chi connectivity index (χ1v) is 10.1. The highest BCUT2D eigenvalue weighted by Crippen LogP contribution is 2.23. The van der Waals surface area contributed by atoms with Gasteiger partial charge in [0, 0.05) is 24.5 Å². The van der Waals surface area contributed by atoms with Gasteiger partial charge in [0.2, 0.25) is 0 Å². The smallest absolute Gasteiger partial charge is 0.261 e. The molecule has 1 heterocycles. The molecule has 1 aliphatic rings. The van der Waals surface area contributed by atoms with Crippen molar-refractivity contribution in [3.05, 3.63) is 48.5 Å². The third kappa shape index (κ3) is 4.68. The van der Waals surface area contributed by atoms with E-state index in [0.29, 0.717) is 24.7 Å². The predicted octanol–water partition coefficient (Wildman–Crippen LogP) is 3.11. The monoisotopic (exact) mass is 376 g/mol. The number of hydrogen-bond acceptors (Lipinski definition) is 5. The van der Waals surface area contributed by atoms with Crippen LogP contribution in [0.5, 0.6) is 5.75 Å². The largest absolute Gasteiger partial charge is 0.491 e.